The Morgan fingerprint density at radius 2 is 1.92 bits per heavy atom. The van der Waals surface area contributed by atoms with Gasteiger partial charge in [-0.25, -0.2) is 0 Å². The molecule has 0 aromatic heterocycles. The van der Waals surface area contributed by atoms with Crippen molar-refractivity contribution in [1.82, 2.24) is 0 Å². The second-order valence-electron chi connectivity index (χ2n) is 3.35. The first kappa shape index (κ1) is 9.88. The Labute approximate surface area is 70.4 Å². The van der Waals surface area contributed by atoms with Crippen molar-refractivity contribution < 1.29 is 20.4 Å². The molecule has 0 unspecified atom stereocenters. The fraction of sp³-hybridized carbons (Fsp3) is 1.00. The van der Waals surface area contributed by atoms with E-state index < -0.39 is 30.5 Å². The SMILES string of the molecule is N[C@@H]1CC[C@@H](O)[C@H](O)[C@@]1(O)CO. The van der Waals surface area contributed by atoms with E-state index in [-0.39, 0.29) is 0 Å². The maximum absolute atomic E-state index is 9.60. The number of aliphatic hydroxyl groups is 4. The van der Waals surface area contributed by atoms with Crippen LogP contribution in [0.2, 0.25) is 0 Å². The molecule has 1 fully saturated rings. The molecule has 0 aliphatic heterocycles. The summed E-state index contributed by atoms with van der Waals surface area (Å²) in [5.41, 5.74) is 3.74. The fourth-order valence-electron chi connectivity index (χ4n) is 1.52. The van der Waals surface area contributed by atoms with Crippen molar-refractivity contribution in [2.45, 2.75) is 36.7 Å². The molecule has 72 valence electrons. The van der Waals surface area contributed by atoms with Crippen LogP contribution >= 0.6 is 0 Å². The Kier molecular flexibility index (Phi) is 2.70. The van der Waals surface area contributed by atoms with Gasteiger partial charge in [0.15, 0.2) is 0 Å². The van der Waals surface area contributed by atoms with Crippen molar-refractivity contribution in [2.24, 2.45) is 5.73 Å². The summed E-state index contributed by atoms with van der Waals surface area (Å²) in [6, 6.07) is -0.680. The van der Waals surface area contributed by atoms with Crippen LogP contribution in [0.4, 0.5) is 0 Å². The molecule has 1 rings (SSSR count). The van der Waals surface area contributed by atoms with E-state index in [1.807, 2.05) is 0 Å². The van der Waals surface area contributed by atoms with E-state index in [1.165, 1.54) is 0 Å². The fourth-order valence-corrected chi connectivity index (χ4v) is 1.52. The van der Waals surface area contributed by atoms with Crippen molar-refractivity contribution in [3.8, 4) is 0 Å². The minimum Gasteiger partial charge on any atom is -0.393 e. The van der Waals surface area contributed by atoms with Gasteiger partial charge in [-0.1, -0.05) is 0 Å². The Bertz CT molecular complexity index is 165. The van der Waals surface area contributed by atoms with E-state index >= 15 is 0 Å². The van der Waals surface area contributed by atoms with Gasteiger partial charge in [0.1, 0.15) is 11.7 Å². The zero-order chi connectivity index (χ0) is 9.35. The lowest BCUT2D eigenvalue weighted by molar-refractivity contribution is -0.177. The number of rotatable bonds is 1. The van der Waals surface area contributed by atoms with Gasteiger partial charge in [-0.05, 0) is 12.8 Å². The van der Waals surface area contributed by atoms with E-state index in [9.17, 15) is 15.3 Å². The summed E-state index contributed by atoms with van der Waals surface area (Å²) in [5.74, 6) is 0. The van der Waals surface area contributed by atoms with Crippen molar-refractivity contribution in [3.05, 3.63) is 0 Å². The van der Waals surface area contributed by atoms with Crippen LogP contribution in [0.1, 0.15) is 12.8 Å². The van der Waals surface area contributed by atoms with Crippen LogP contribution in [0.3, 0.4) is 0 Å². The molecule has 0 aromatic carbocycles. The molecule has 0 spiro atoms. The quantitative estimate of drug-likeness (QED) is 0.306. The molecule has 0 saturated heterocycles. The average Bonchev–Trinajstić information content (AvgIpc) is 2.08. The molecule has 1 aliphatic rings. The molecule has 5 heteroatoms. The van der Waals surface area contributed by atoms with E-state index in [0.717, 1.165) is 0 Å². The first-order chi connectivity index (χ1) is 5.52. The highest BCUT2D eigenvalue weighted by Crippen LogP contribution is 2.27. The van der Waals surface area contributed by atoms with E-state index in [2.05, 4.69) is 0 Å². The zero-order valence-corrected chi connectivity index (χ0v) is 6.72. The number of aliphatic hydroxyl groups excluding tert-OH is 3. The summed E-state index contributed by atoms with van der Waals surface area (Å²) in [6.07, 6.45) is -1.60. The lowest BCUT2D eigenvalue weighted by Crippen LogP contribution is -2.65. The van der Waals surface area contributed by atoms with Crippen LogP contribution in [0.25, 0.3) is 0 Å². The van der Waals surface area contributed by atoms with Crippen LogP contribution in [0, 0.1) is 0 Å². The number of hydrogen-bond acceptors (Lipinski definition) is 5. The Morgan fingerprint density at radius 1 is 1.33 bits per heavy atom. The van der Waals surface area contributed by atoms with Gasteiger partial charge in [0.05, 0.1) is 12.7 Å². The summed E-state index contributed by atoms with van der Waals surface area (Å²) < 4.78 is 0. The minimum atomic E-state index is -1.75. The number of hydrogen-bond donors (Lipinski definition) is 5. The molecule has 1 aliphatic carbocycles. The topological polar surface area (TPSA) is 107 Å². The van der Waals surface area contributed by atoms with Crippen molar-refractivity contribution in [2.75, 3.05) is 6.61 Å². The standard InChI is InChI=1S/C7H15NO4/c8-5-2-1-4(10)6(11)7(5,12)3-9/h4-6,9-12H,1-3,8H2/t4-,5-,6+,7-/m1/s1. The molecule has 0 heterocycles. The van der Waals surface area contributed by atoms with Gasteiger partial charge in [-0.15, -0.1) is 0 Å². The molecule has 4 atom stereocenters. The highest BCUT2D eigenvalue weighted by Gasteiger charge is 2.47. The third kappa shape index (κ3) is 1.34. The maximum Gasteiger partial charge on any atom is 0.131 e. The van der Waals surface area contributed by atoms with Crippen LogP contribution in [0.15, 0.2) is 0 Å². The zero-order valence-electron chi connectivity index (χ0n) is 6.72. The first-order valence-corrected chi connectivity index (χ1v) is 3.97. The molecular formula is C7H15NO4. The van der Waals surface area contributed by atoms with E-state index in [0.29, 0.717) is 12.8 Å². The molecule has 0 aromatic rings. The van der Waals surface area contributed by atoms with Crippen molar-refractivity contribution in [1.29, 1.82) is 0 Å². The van der Waals surface area contributed by atoms with Crippen LogP contribution < -0.4 is 5.73 Å². The summed E-state index contributed by atoms with van der Waals surface area (Å²) in [4.78, 5) is 0. The molecule has 0 bridgehead atoms. The second-order valence-corrected chi connectivity index (χ2v) is 3.35. The third-order valence-corrected chi connectivity index (χ3v) is 2.55. The third-order valence-electron chi connectivity index (χ3n) is 2.55. The average molecular weight is 177 g/mol. The Morgan fingerprint density at radius 3 is 2.33 bits per heavy atom. The Balaban J connectivity index is 2.78. The monoisotopic (exact) mass is 177 g/mol. The van der Waals surface area contributed by atoms with Gasteiger partial charge in [-0.3, -0.25) is 0 Å². The first-order valence-electron chi connectivity index (χ1n) is 3.97. The highest BCUT2D eigenvalue weighted by atomic mass is 16.4. The van der Waals surface area contributed by atoms with E-state index in [1.54, 1.807) is 0 Å². The van der Waals surface area contributed by atoms with Crippen molar-refractivity contribution >= 4 is 0 Å². The maximum atomic E-state index is 9.60. The lowest BCUT2D eigenvalue weighted by atomic mass is 9.77. The smallest absolute Gasteiger partial charge is 0.131 e. The van der Waals surface area contributed by atoms with Gasteiger partial charge in [0, 0.05) is 6.04 Å². The summed E-state index contributed by atoms with van der Waals surface area (Å²) in [6.45, 7) is -0.633. The van der Waals surface area contributed by atoms with Crippen LogP contribution in [-0.4, -0.2) is 50.9 Å². The van der Waals surface area contributed by atoms with Gasteiger partial charge >= 0.3 is 0 Å². The minimum absolute atomic E-state index is 0.352. The molecule has 0 amide bonds. The largest absolute Gasteiger partial charge is 0.393 e. The van der Waals surface area contributed by atoms with Gasteiger partial charge in [0.2, 0.25) is 0 Å². The predicted molar refractivity (Wildman–Crippen MR) is 41.3 cm³/mol. The number of nitrogens with two attached hydrogens (primary N) is 1. The predicted octanol–water partition coefficient (Wildman–Crippen LogP) is -2.45. The molecule has 12 heavy (non-hydrogen) atoms. The second kappa shape index (κ2) is 3.27. The van der Waals surface area contributed by atoms with Crippen LogP contribution in [0.5, 0.6) is 0 Å². The van der Waals surface area contributed by atoms with Gasteiger partial charge in [0.25, 0.3) is 0 Å². The van der Waals surface area contributed by atoms with Gasteiger partial charge in [-0.2, -0.15) is 0 Å². The Hall–Kier alpha value is -0.200. The lowest BCUT2D eigenvalue weighted by Gasteiger charge is -2.42. The molecule has 6 N–H and O–H groups in total. The molecule has 1 saturated carbocycles. The summed E-state index contributed by atoms with van der Waals surface area (Å²) in [5, 5.41) is 36.9. The van der Waals surface area contributed by atoms with E-state index in [4.69, 9.17) is 10.8 Å². The summed E-state index contributed by atoms with van der Waals surface area (Å²) >= 11 is 0. The van der Waals surface area contributed by atoms with Crippen molar-refractivity contribution in [3.63, 3.8) is 0 Å². The molecule has 5 nitrogen and oxygen atoms in total. The normalized spacial score (nSPS) is 49.2. The molecular weight excluding hydrogens is 162 g/mol. The molecule has 0 radical (unpaired) electrons. The summed E-state index contributed by atoms with van der Waals surface area (Å²) in [7, 11) is 0. The van der Waals surface area contributed by atoms with Gasteiger partial charge < -0.3 is 26.2 Å². The highest BCUT2D eigenvalue weighted by molar-refractivity contribution is 5.02. The van der Waals surface area contributed by atoms with Crippen LogP contribution in [-0.2, 0) is 0 Å².